The summed E-state index contributed by atoms with van der Waals surface area (Å²) in [5.74, 6) is 3.34. The SMILES string of the molecule is CCCNC(CC(C)COC)C1CCC(C)C(C)C1. The van der Waals surface area contributed by atoms with Gasteiger partial charge in [-0.2, -0.15) is 0 Å². The summed E-state index contributed by atoms with van der Waals surface area (Å²) in [7, 11) is 1.81. The maximum atomic E-state index is 5.31. The molecule has 0 spiro atoms. The predicted molar refractivity (Wildman–Crippen MR) is 83.4 cm³/mol. The minimum Gasteiger partial charge on any atom is -0.384 e. The Balaban J connectivity index is 2.52. The summed E-state index contributed by atoms with van der Waals surface area (Å²) in [5, 5.41) is 3.81. The molecule has 114 valence electrons. The van der Waals surface area contributed by atoms with Crippen molar-refractivity contribution in [1.29, 1.82) is 0 Å². The molecule has 0 aromatic heterocycles. The van der Waals surface area contributed by atoms with Crippen molar-refractivity contribution in [2.24, 2.45) is 23.7 Å². The first-order valence-corrected chi connectivity index (χ1v) is 8.30. The van der Waals surface area contributed by atoms with Gasteiger partial charge in [0.1, 0.15) is 0 Å². The van der Waals surface area contributed by atoms with Gasteiger partial charge in [0.15, 0.2) is 0 Å². The highest BCUT2D eigenvalue weighted by Gasteiger charge is 2.30. The predicted octanol–water partition coefficient (Wildman–Crippen LogP) is 4.10. The molecule has 5 atom stereocenters. The number of rotatable bonds is 8. The van der Waals surface area contributed by atoms with E-state index in [1.807, 2.05) is 7.11 Å². The summed E-state index contributed by atoms with van der Waals surface area (Å²) < 4.78 is 5.31. The fourth-order valence-corrected chi connectivity index (χ4v) is 3.51. The second-order valence-electron chi connectivity index (χ2n) is 6.88. The molecule has 1 saturated carbocycles. The van der Waals surface area contributed by atoms with Crippen LogP contribution in [-0.4, -0.2) is 26.3 Å². The Morgan fingerprint density at radius 2 is 1.95 bits per heavy atom. The summed E-state index contributed by atoms with van der Waals surface area (Å²) in [6.07, 6.45) is 6.72. The third-order valence-corrected chi connectivity index (χ3v) is 4.97. The molecule has 5 unspecified atom stereocenters. The standard InChI is InChI=1S/C17H35NO/c1-6-9-18-17(10-13(2)12-19-5)16-8-7-14(3)15(4)11-16/h13-18H,6-12H2,1-5H3. The Morgan fingerprint density at radius 1 is 1.21 bits per heavy atom. The minimum atomic E-state index is 0.661. The fourth-order valence-electron chi connectivity index (χ4n) is 3.51. The number of hydrogen-bond donors (Lipinski definition) is 1. The molecule has 2 heteroatoms. The van der Waals surface area contributed by atoms with E-state index in [-0.39, 0.29) is 0 Å². The molecule has 1 aliphatic rings. The molecule has 1 N–H and O–H groups in total. The average Bonchev–Trinajstić information content (AvgIpc) is 2.38. The van der Waals surface area contributed by atoms with Crippen LogP contribution in [-0.2, 0) is 4.74 Å². The zero-order valence-electron chi connectivity index (χ0n) is 13.7. The van der Waals surface area contributed by atoms with Crippen LogP contribution in [0.3, 0.4) is 0 Å². The second-order valence-corrected chi connectivity index (χ2v) is 6.88. The molecule has 1 rings (SSSR count). The lowest BCUT2D eigenvalue weighted by Gasteiger charge is -2.38. The zero-order chi connectivity index (χ0) is 14.3. The van der Waals surface area contributed by atoms with Crippen molar-refractivity contribution in [2.45, 2.75) is 65.8 Å². The van der Waals surface area contributed by atoms with Crippen LogP contribution in [0, 0.1) is 23.7 Å². The molecule has 19 heavy (non-hydrogen) atoms. The van der Waals surface area contributed by atoms with Crippen molar-refractivity contribution in [2.75, 3.05) is 20.3 Å². The van der Waals surface area contributed by atoms with E-state index in [9.17, 15) is 0 Å². The number of ether oxygens (including phenoxy) is 1. The smallest absolute Gasteiger partial charge is 0.0488 e. The Kier molecular flexibility index (Phi) is 8.01. The summed E-state index contributed by atoms with van der Waals surface area (Å²) in [4.78, 5) is 0. The first-order chi connectivity index (χ1) is 9.08. The number of methoxy groups -OCH3 is 1. The van der Waals surface area contributed by atoms with Gasteiger partial charge in [-0.15, -0.1) is 0 Å². The highest BCUT2D eigenvalue weighted by molar-refractivity contribution is 4.84. The van der Waals surface area contributed by atoms with E-state index >= 15 is 0 Å². The van der Waals surface area contributed by atoms with Crippen molar-refractivity contribution < 1.29 is 4.74 Å². The second kappa shape index (κ2) is 8.97. The number of nitrogens with one attached hydrogen (secondary N) is 1. The highest BCUT2D eigenvalue weighted by atomic mass is 16.5. The third-order valence-electron chi connectivity index (χ3n) is 4.97. The van der Waals surface area contributed by atoms with Gasteiger partial charge in [-0.1, -0.05) is 34.1 Å². The summed E-state index contributed by atoms with van der Waals surface area (Å²) in [6.45, 7) is 11.5. The van der Waals surface area contributed by atoms with Crippen LogP contribution < -0.4 is 5.32 Å². The fraction of sp³-hybridized carbons (Fsp3) is 1.00. The topological polar surface area (TPSA) is 21.3 Å². The maximum absolute atomic E-state index is 5.31. The Hall–Kier alpha value is -0.0800. The lowest BCUT2D eigenvalue weighted by atomic mass is 9.72. The van der Waals surface area contributed by atoms with Crippen LogP contribution in [0.15, 0.2) is 0 Å². The van der Waals surface area contributed by atoms with Crippen molar-refractivity contribution in [3.63, 3.8) is 0 Å². The molecule has 0 amide bonds. The maximum Gasteiger partial charge on any atom is 0.0488 e. The lowest BCUT2D eigenvalue weighted by Crippen LogP contribution is -2.41. The van der Waals surface area contributed by atoms with Crippen LogP contribution in [0.4, 0.5) is 0 Å². The van der Waals surface area contributed by atoms with E-state index in [4.69, 9.17) is 4.74 Å². The van der Waals surface area contributed by atoms with Crippen molar-refractivity contribution in [3.8, 4) is 0 Å². The molecule has 1 fully saturated rings. The molecule has 0 heterocycles. The molecule has 0 aromatic carbocycles. The van der Waals surface area contributed by atoms with E-state index < -0.39 is 0 Å². The minimum absolute atomic E-state index is 0.661. The molecule has 0 radical (unpaired) electrons. The van der Waals surface area contributed by atoms with Gasteiger partial charge in [0.2, 0.25) is 0 Å². The van der Waals surface area contributed by atoms with Crippen LogP contribution in [0.1, 0.15) is 59.8 Å². The third kappa shape index (κ3) is 5.83. The Labute approximate surface area is 120 Å². The lowest BCUT2D eigenvalue weighted by molar-refractivity contribution is 0.122. The van der Waals surface area contributed by atoms with Gasteiger partial charge in [-0.25, -0.2) is 0 Å². The molecular formula is C17H35NO. The summed E-state index contributed by atoms with van der Waals surface area (Å²) >= 11 is 0. The van der Waals surface area contributed by atoms with Crippen molar-refractivity contribution in [3.05, 3.63) is 0 Å². The van der Waals surface area contributed by atoms with Crippen LogP contribution >= 0.6 is 0 Å². The first kappa shape index (κ1) is 17.0. The molecule has 0 saturated heterocycles. The average molecular weight is 269 g/mol. The van der Waals surface area contributed by atoms with Gasteiger partial charge in [0.05, 0.1) is 0 Å². The highest BCUT2D eigenvalue weighted by Crippen LogP contribution is 2.36. The number of hydrogen-bond acceptors (Lipinski definition) is 2. The Bertz CT molecular complexity index is 231. The van der Waals surface area contributed by atoms with Gasteiger partial charge >= 0.3 is 0 Å². The van der Waals surface area contributed by atoms with Crippen LogP contribution in [0.5, 0.6) is 0 Å². The van der Waals surface area contributed by atoms with E-state index in [2.05, 4.69) is 33.0 Å². The van der Waals surface area contributed by atoms with Gasteiger partial charge < -0.3 is 10.1 Å². The largest absolute Gasteiger partial charge is 0.384 e. The summed E-state index contributed by atoms with van der Waals surface area (Å²) in [5.41, 5.74) is 0. The summed E-state index contributed by atoms with van der Waals surface area (Å²) in [6, 6.07) is 0.694. The van der Waals surface area contributed by atoms with Crippen molar-refractivity contribution in [1.82, 2.24) is 5.32 Å². The van der Waals surface area contributed by atoms with Gasteiger partial charge in [-0.3, -0.25) is 0 Å². The first-order valence-electron chi connectivity index (χ1n) is 8.30. The van der Waals surface area contributed by atoms with Gasteiger partial charge in [0, 0.05) is 19.8 Å². The van der Waals surface area contributed by atoms with E-state index in [1.165, 1.54) is 32.1 Å². The molecule has 0 aliphatic heterocycles. The van der Waals surface area contributed by atoms with Crippen LogP contribution in [0.2, 0.25) is 0 Å². The molecular weight excluding hydrogens is 234 g/mol. The Morgan fingerprint density at radius 3 is 2.53 bits per heavy atom. The van der Waals surface area contributed by atoms with Crippen molar-refractivity contribution >= 4 is 0 Å². The van der Waals surface area contributed by atoms with E-state index in [0.717, 1.165) is 30.9 Å². The van der Waals surface area contributed by atoms with E-state index in [0.29, 0.717) is 12.0 Å². The monoisotopic (exact) mass is 269 g/mol. The normalized spacial score (nSPS) is 31.1. The van der Waals surface area contributed by atoms with Crippen LogP contribution in [0.25, 0.3) is 0 Å². The molecule has 0 aromatic rings. The molecule has 1 aliphatic carbocycles. The zero-order valence-corrected chi connectivity index (χ0v) is 13.7. The van der Waals surface area contributed by atoms with Gasteiger partial charge in [0.25, 0.3) is 0 Å². The van der Waals surface area contributed by atoms with Gasteiger partial charge in [-0.05, 0) is 55.9 Å². The molecule has 2 nitrogen and oxygen atoms in total. The van der Waals surface area contributed by atoms with E-state index in [1.54, 1.807) is 0 Å². The molecule has 0 bridgehead atoms. The quantitative estimate of drug-likeness (QED) is 0.716.